The molecule has 0 saturated carbocycles. The average molecular weight is 570 g/mol. The number of carbonyl (C=O) groups excluding carboxylic acids is 1. The smallest absolute Gasteiger partial charge is 0.254 e. The quantitative estimate of drug-likeness (QED) is 0.323. The molecule has 3 aromatic heterocycles. The molecule has 2 aliphatic rings. The van der Waals surface area contributed by atoms with E-state index in [1.54, 1.807) is 19.2 Å². The van der Waals surface area contributed by atoms with Crippen LogP contribution in [0.15, 0.2) is 54.9 Å². The van der Waals surface area contributed by atoms with Crippen molar-refractivity contribution in [3.8, 4) is 17.3 Å². The summed E-state index contributed by atoms with van der Waals surface area (Å²) >= 11 is 0. The Kier molecular flexibility index (Phi) is 6.93. The lowest BCUT2D eigenvalue weighted by atomic mass is 10.0. The third-order valence-corrected chi connectivity index (χ3v) is 8.58. The number of nitrogens with two attached hydrogens (primary N) is 1. The summed E-state index contributed by atoms with van der Waals surface area (Å²) in [6.45, 7) is 2.68. The summed E-state index contributed by atoms with van der Waals surface area (Å²) in [4.78, 5) is 20.3. The second kappa shape index (κ2) is 10.9. The number of methoxy groups -OCH3 is 1. The van der Waals surface area contributed by atoms with E-state index in [1.165, 1.54) is 10.4 Å². The van der Waals surface area contributed by atoms with Gasteiger partial charge in [0.15, 0.2) is 5.82 Å². The number of aromatic nitrogens is 5. The fourth-order valence-electron chi connectivity index (χ4n) is 6.61. The van der Waals surface area contributed by atoms with Gasteiger partial charge in [-0.2, -0.15) is 5.10 Å². The van der Waals surface area contributed by atoms with E-state index < -0.39 is 6.17 Å². The van der Waals surface area contributed by atoms with Gasteiger partial charge in [0.2, 0.25) is 0 Å². The topological polar surface area (TPSA) is 96.1 Å². The van der Waals surface area contributed by atoms with Crippen molar-refractivity contribution in [1.82, 2.24) is 28.8 Å². The summed E-state index contributed by atoms with van der Waals surface area (Å²) in [7, 11) is 1.61. The zero-order valence-electron chi connectivity index (χ0n) is 23.9. The monoisotopic (exact) mass is 569 g/mol. The number of fused-ring (bicyclic) bond motifs is 9. The summed E-state index contributed by atoms with van der Waals surface area (Å²) in [5.74, 6) is 1.08. The molecule has 10 heteroatoms. The van der Waals surface area contributed by atoms with Crippen LogP contribution in [0.4, 0.5) is 4.39 Å². The number of ether oxygens (including phenoxy) is 1. The molecule has 5 aromatic rings. The van der Waals surface area contributed by atoms with Crippen molar-refractivity contribution in [2.45, 2.75) is 64.0 Å². The molecule has 1 amide bonds. The van der Waals surface area contributed by atoms with Crippen molar-refractivity contribution >= 4 is 27.8 Å². The van der Waals surface area contributed by atoms with Crippen molar-refractivity contribution in [2.24, 2.45) is 5.73 Å². The summed E-state index contributed by atoms with van der Waals surface area (Å²) in [5.41, 5.74) is 11.2. The number of benzene rings is 2. The van der Waals surface area contributed by atoms with Crippen LogP contribution in [-0.4, -0.2) is 67.1 Å². The maximum Gasteiger partial charge on any atom is 0.254 e. The van der Waals surface area contributed by atoms with Crippen LogP contribution in [0.5, 0.6) is 5.75 Å². The van der Waals surface area contributed by atoms with Crippen LogP contribution >= 0.6 is 0 Å². The van der Waals surface area contributed by atoms with Crippen LogP contribution < -0.4 is 10.5 Å². The van der Waals surface area contributed by atoms with Crippen molar-refractivity contribution in [3.05, 3.63) is 66.0 Å². The van der Waals surface area contributed by atoms with Crippen LogP contribution in [-0.2, 0) is 19.6 Å². The fraction of sp³-hybridized carbons (Fsp3) is 0.406. The molecule has 0 aliphatic carbocycles. The minimum Gasteiger partial charge on any atom is -0.494 e. The van der Waals surface area contributed by atoms with E-state index in [2.05, 4.69) is 50.8 Å². The summed E-state index contributed by atoms with van der Waals surface area (Å²) in [5, 5.41) is 5.78. The Morgan fingerprint density at radius 2 is 1.88 bits per heavy atom. The van der Waals surface area contributed by atoms with E-state index in [9.17, 15) is 9.18 Å². The van der Waals surface area contributed by atoms with E-state index in [1.807, 2.05) is 10.9 Å². The number of imidazole rings is 1. The Morgan fingerprint density at radius 3 is 2.71 bits per heavy atom. The predicted octanol–water partition coefficient (Wildman–Crippen LogP) is 5.00. The van der Waals surface area contributed by atoms with Crippen molar-refractivity contribution in [2.75, 3.05) is 20.2 Å². The Bertz CT molecular complexity index is 1760. The minimum absolute atomic E-state index is 0.0384. The largest absolute Gasteiger partial charge is 0.494 e. The van der Waals surface area contributed by atoms with Crippen molar-refractivity contribution in [1.29, 1.82) is 0 Å². The third kappa shape index (κ3) is 4.83. The molecule has 1 fully saturated rings. The number of amides is 1. The molecule has 2 N–H and O–H groups in total. The van der Waals surface area contributed by atoms with Gasteiger partial charge >= 0.3 is 0 Å². The van der Waals surface area contributed by atoms with E-state index in [4.69, 9.17) is 15.5 Å². The van der Waals surface area contributed by atoms with Crippen molar-refractivity contribution in [3.63, 3.8) is 0 Å². The first-order valence-electron chi connectivity index (χ1n) is 14.9. The molecular formula is C32H36FN7O2. The molecule has 1 saturated heterocycles. The standard InChI is InChI=1S/C32H36FN7O2/c1-42-29-14-23(32(41)37-19-24(33)15-25(34)20-37)12-26-30(29)40-18-21-16-35-38(17-21)10-6-2-3-7-11-39-27-9-5-4-8-22(27)13-28(39)31(40)36-26/h4-5,8-9,12-14,16-17,24-25H,2-3,6-7,10-11,15,18-20,34H2,1H3/t24-,25-/m1/s1. The van der Waals surface area contributed by atoms with Crippen LogP contribution in [0, 0.1) is 0 Å². The average Bonchev–Trinajstić information content (AvgIpc) is 3.69. The molecule has 0 spiro atoms. The Hall–Kier alpha value is -4.18. The molecule has 0 unspecified atom stereocenters. The number of carbonyl (C=O) groups is 1. The lowest BCUT2D eigenvalue weighted by Crippen LogP contribution is -2.50. The zero-order valence-corrected chi connectivity index (χ0v) is 23.9. The van der Waals surface area contributed by atoms with Gasteiger partial charge in [-0.15, -0.1) is 0 Å². The van der Waals surface area contributed by atoms with Gasteiger partial charge in [0.05, 0.1) is 37.6 Å². The molecule has 42 heavy (non-hydrogen) atoms. The first-order chi connectivity index (χ1) is 20.5. The number of nitrogens with zero attached hydrogens (tertiary/aromatic N) is 6. The van der Waals surface area contributed by atoms with E-state index in [0.717, 1.165) is 66.8 Å². The number of rotatable bonds is 2. The Labute approximate surface area is 243 Å². The summed E-state index contributed by atoms with van der Waals surface area (Å²) in [6, 6.07) is 13.8. The van der Waals surface area contributed by atoms with Gasteiger partial charge in [0, 0.05) is 53.9 Å². The van der Waals surface area contributed by atoms with Gasteiger partial charge in [0.1, 0.15) is 17.4 Å². The van der Waals surface area contributed by atoms with Crippen LogP contribution in [0.2, 0.25) is 0 Å². The van der Waals surface area contributed by atoms with E-state index in [-0.39, 0.29) is 24.9 Å². The van der Waals surface area contributed by atoms with Crippen LogP contribution in [0.3, 0.4) is 0 Å². The maximum absolute atomic E-state index is 14.3. The van der Waals surface area contributed by atoms with Gasteiger partial charge in [-0.3, -0.25) is 9.48 Å². The molecule has 2 bridgehead atoms. The predicted molar refractivity (Wildman–Crippen MR) is 160 cm³/mol. The van der Waals surface area contributed by atoms with E-state index >= 15 is 0 Å². The minimum atomic E-state index is -1.13. The second-order valence-electron chi connectivity index (χ2n) is 11.6. The molecule has 5 heterocycles. The number of para-hydroxylation sites is 1. The van der Waals surface area contributed by atoms with Gasteiger partial charge in [-0.05, 0) is 43.5 Å². The number of likely N-dealkylation sites (tertiary alicyclic amines) is 1. The Morgan fingerprint density at radius 1 is 1.05 bits per heavy atom. The lowest BCUT2D eigenvalue weighted by Gasteiger charge is -2.33. The number of hydrogen-bond donors (Lipinski definition) is 1. The normalized spacial score (nSPS) is 19.8. The number of piperidine rings is 1. The SMILES string of the molecule is COc1cc(C(=O)N2C[C@H](N)C[C@@H](F)C2)cc2nc3n(c12)Cc1cnn(c1)CCCCCCn1c-3cc2ccccc21. The molecule has 0 radical (unpaired) electrons. The third-order valence-electron chi connectivity index (χ3n) is 8.58. The highest BCUT2D eigenvalue weighted by atomic mass is 19.1. The number of alkyl halides is 1. The van der Waals surface area contributed by atoms with Gasteiger partial charge in [-0.25, -0.2) is 9.37 Å². The number of hydrogen-bond acceptors (Lipinski definition) is 5. The summed E-state index contributed by atoms with van der Waals surface area (Å²) in [6.07, 6.45) is 7.60. The first-order valence-corrected chi connectivity index (χ1v) is 14.9. The second-order valence-corrected chi connectivity index (χ2v) is 11.6. The Balaban J connectivity index is 1.42. The fourth-order valence-corrected chi connectivity index (χ4v) is 6.61. The van der Waals surface area contributed by atoms with Gasteiger partial charge in [-0.1, -0.05) is 31.0 Å². The van der Waals surface area contributed by atoms with E-state index in [0.29, 0.717) is 29.9 Å². The number of aryl methyl sites for hydroxylation is 2. The lowest BCUT2D eigenvalue weighted by molar-refractivity contribution is 0.0606. The maximum atomic E-state index is 14.3. The first kappa shape index (κ1) is 26.7. The molecule has 2 aromatic carbocycles. The highest BCUT2D eigenvalue weighted by Crippen LogP contribution is 2.36. The van der Waals surface area contributed by atoms with Crippen LogP contribution in [0.1, 0.15) is 48.0 Å². The highest BCUT2D eigenvalue weighted by molar-refractivity contribution is 6.00. The van der Waals surface area contributed by atoms with Crippen molar-refractivity contribution < 1.29 is 13.9 Å². The molecule has 2 atom stereocenters. The van der Waals surface area contributed by atoms with Gasteiger partial charge < -0.3 is 24.5 Å². The molecule has 7 rings (SSSR count). The van der Waals surface area contributed by atoms with Gasteiger partial charge in [0.25, 0.3) is 5.91 Å². The molecular weight excluding hydrogens is 533 g/mol. The zero-order chi connectivity index (χ0) is 28.8. The molecule has 9 nitrogen and oxygen atoms in total. The summed E-state index contributed by atoms with van der Waals surface area (Å²) < 4.78 is 26.8. The van der Waals surface area contributed by atoms with Crippen LogP contribution in [0.25, 0.3) is 33.5 Å². The number of halogens is 1. The molecule has 2 aliphatic heterocycles. The highest BCUT2D eigenvalue weighted by Gasteiger charge is 2.30. The molecule has 218 valence electrons.